The molecule has 0 radical (unpaired) electrons. The Labute approximate surface area is 140 Å². The predicted molar refractivity (Wildman–Crippen MR) is 93.1 cm³/mol. The fourth-order valence-corrected chi connectivity index (χ4v) is 5.09. The summed E-state index contributed by atoms with van der Waals surface area (Å²) in [6.45, 7) is 4.37. The Balaban J connectivity index is 1.62. The van der Waals surface area contributed by atoms with Crippen LogP contribution in [0, 0.1) is 5.92 Å². The first-order valence-corrected chi connectivity index (χ1v) is 9.28. The monoisotopic (exact) mass is 330 g/mol. The van der Waals surface area contributed by atoms with Gasteiger partial charge in [-0.15, -0.1) is 11.3 Å². The molecule has 3 heterocycles. The molecule has 1 aliphatic heterocycles. The lowest BCUT2D eigenvalue weighted by atomic mass is 9.97. The van der Waals surface area contributed by atoms with Crippen LogP contribution in [0.4, 0.5) is 5.82 Å². The summed E-state index contributed by atoms with van der Waals surface area (Å²) in [7, 11) is 0. The second-order valence-electron chi connectivity index (χ2n) is 6.63. The molecular formula is C17H22N4OS. The van der Waals surface area contributed by atoms with Gasteiger partial charge < -0.3 is 10.2 Å². The number of fused-ring (bicyclic) bond motifs is 3. The van der Waals surface area contributed by atoms with Crippen LogP contribution < -0.4 is 10.2 Å². The molecule has 2 aromatic heterocycles. The fourth-order valence-electron chi connectivity index (χ4n) is 3.86. The van der Waals surface area contributed by atoms with E-state index in [0.717, 1.165) is 36.7 Å². The van der Waals surface area contributed by atoms with E-state index in [-0.39, 0.29) is 5.91 Å². The highest BCUT2D eigenvalue weighted by Crippen LogP contribution is 2.40. The van der Waals surface area contributed by atoms with Crippen molar-refractivity contribution in [3.63, 3.8) is 0 Å². The smallest absolute Gasteiger partial charge is 0.216 e. The number of nitrogens with zero attached hydrogens (tertiary/aromatic N) is 3. The van der Waals surface area contributed by atoms with Crippen LogP contribution in [0.1, 0.15) is 36.6 Å². The lowest BCUT2D eigenvalue weighted by Gasteiger charge is -2.34. The van der Waals surface area contributed by atoms with E-state index in [1.807, 2.05) is 11.3 Å². The minimum Gasteiger partial charge on any atom is -0.356 e. The number of amides is 1. The van der Waals surface area contributed by atoms with Crippen LogP contribution in [0.5, 0.6) is 0 Å². The first-order valence-electron chi connectivity index (χ1n) is 8.47. The molecule has 6 heteroatoms. The SMILES string of the molecule is CC(=O)NCC1CCCN(c2ncnc3sc4c(c23)CCC4)C1. The quantitative estimate of drug-likeness (QED) is 0.939. The van der Waals surface area contributed by atoms with E-state index < -0.39 is 0 Å². The van der Waals surface area contributed by atoms with Crippen molar-refractivity contribution in [3.8, 4) is 0 Å². The maximum Gasteiger partial charge on any atom is 0.216 e. The lowest BCUT2D eigenvalue weighted by molar-refractivity contribution is -0.119. The molecule has 2 aliphatic rings. The van der Waals surface area contributed by atoms with Crippen LogP contribution in [0.15, 0.2) is 6.33 Å². The van der Waals surface area contributed by atoms with Gasteiger partial charge in [0, 0.05) is 31.4 Å². The number of aromatic nitrogens is 2. The summed E-state index contributed by atoms with van der Waals surface area (Å²) < 4.78 is 0. The molecule has 2 aromatic rings. The van der Waals surface area contributed by atoms with Crippen LogP contribution in [0.3, 0.4) is 0 Å². The minimum absolute atomic E-state index is 0.0576. The summed E-state index contributed by atoms with van der Waals surface area (Å²) in [4.78, 5) is 25.4. The molecule has 1 amide bonds. The Hall–Kier alpha value is -1.69. The number of aryl methyl sites for hydroxylation is 2. The summed E-state index contributed by atoms with van der Waals surface area (Å²) in [6, 6.07) is 0. The van der Waals surface area contributed by atoms with E-state index in [1.54, 1.807) is 13.3 Å². The van der Waals surface area contributed by atoms with Gasteiger partial charge in [-0.3, -0.25) is 4.79 Å². The summed E-state index contributed by atoms with van der Waals surface area (Å²) in [5.74, 6) is 1.67. The molecule has 1 saturated heterocycles. The van der Waals surface area contributed by atoms with Crippen LogP contribution in [0.25, 0.3) is 10.2 Å². The van der Waals surface area contributed by atoms with Gasteiger partial charge in [-0.1, -0.05) is 0 Å². The van der Waals surface area contributed by atoms with Crippen LogP contribution in [-0.2, 0) is 17.6 Å². The topological polar surface area (TPSA) is 58.1 Å². The van der Waals surface area contributed by atoms with Gasteiger partial charge in [0.1, 0.15) is 17.0 Å². The molecule has 23 heavy (non-hydrogen) atoms. The molecule has 1 unspecified atom stereocenters. The number of thiophene rings is 1. The predicted octanol–water partition coefficient (Wildman–Crippen LogP) is 2.53. The van der Waals surface area contributed by atoms with Gasteiger partial charge in [-0.25, -0.2) is 9.97 Å². The Morgan fingerprint density at radius 1 is 1.39 bits per heavy atom. The maximum absolute atomic E-state index is 11.2. The molecule has 4 rings (SSSR count). The van der Waals surface area contributed by atoms with Crippen molar-refractivity contribution in [2.75, 3.05) is 24.5 Å². The van der Waals surface area contributed by atoms with E-state index in [0.29, 0.717) is 5.92 Å². The average molecular weight is 330 g/mol. The van der Waals surface area contributed by atoms with Crippen molar-refractivity contribution >= 4 is 33.3 Å². The van der Waals surface area contributed by atoms with E-state index in [9.17, 15) is 4.79 Å². The van der Waals surface area contributed by atoms with Gasteiger partial charge in [0.15, 0.2) is 0 Å². The van der Waals surface area contributed by atoms with Crippen molar-refractivity contribution in [2.24, 2.45) is 5.92 Å². The van der Waals surface area contributed by atoms with Crippen molar-refractivity contribution in [1.29, 1.82) is 0 Å². The first-order chi connectivity index (χ1) is 11.2. The standard InChI is InChI=1S/C17H22N4OS/c1-11(22)18-8-12-4-3-7-21(9-12)16-15-13-5-2-6-14(13)23-17(15)20-10-19-16/h10,12H,2-9H2,1H3,(H,18,22). The van der Waals surface area contributed by atoms with Crippen molar-refractivity contribution < 1.29 is 4.79 Å². The number of carbonyl (C=O) groups is 1. The zero-order valence-corrected chi connectivity index (χ0v) is 14.3. The normalized spacial score (nSPS) is 20.7. The van der Waals surface area contributed by atoms with Crippen molar-refractivity contribution in [1.82, 2.24) is 15.3 Å². The van der Waals surface area contributed by atoms with Crippen molar-refractivity contribution in [3.05, 3.63) is 16.8 Å². The second-order valence-corrected chi connectivity index (χ2v) is 7.71. The number of nitrogens with one attached hydrogen (secondary N) is 1. The summed E-state index contributed by atoms with van der Waals surface area (Å²) in [5, 5.41) is 4.26. The highest BCUT2D eigenvalue weighted by atomic mass is 32.1. The summed E-state index contributed by atoms with van der Waals surface area (Å²) in [6.07, 6.45) is 7.66. The van der Waals surface area contributed by atoms with Gasteiger partial charge in [0.25, 0.3) is 0 Å². The molecular weight excluding hydrogens is 308 g/mol. The van der Waals surface area contributed by atoms with E-state index in [1.165, 1.54) is 41.5 Å². The van der Waals surface area contributed by atoms with Gasteiger partial charge in [-0.05, 0) is 43.6 Å². The molecule has 0 saturated carbocycles. The van der Waals surface area contributed by atoms with Gasteiger partial charge in [0.2, 0.25) is 5.91 Å². The summed E-state index contributed by atoms with van der Waals surface area (Å²) in [5.41, 5.74) is 1.49. The lowest BCUT2D eigenvalue weighted by Crippen LogP contribution is -2.41. The fraction of sp³-hybridized carbons (Fsp3) is 0.588. The minimum atomic E-state index is 0.0576. The molecule has 1 fully saturated rings. The zero-order chi connectivity index (χ0) is 15.8. The number of hydrogen-bond acceptors (Lipinski definition) is 5. The van der Waals surface area contributed by atoms with E-state index >= 15 is 0 Å². The number of carbonyl (C=O) groups excluding carboxylic acids is 1. The second kappa shape index (κ2) is 6.07. The highest BCUT2D eigenvalue weighted by Gasteiger charge is 2.26. The third-order valence-corrected chi connectivity index (χ3v) is 6.14. The third-order valence-electron chi connectivity index (χ3n) is 4.94. The van der Waals surface area contributed by atoms with Gasteiger partial charge in [-0.2, -0.15) is 0 Å². The summed E-state index contributed by atoms with van der Waals surface area (Å²) >= 11 is 1.84. The number of hydrogen-bond donors (Lipinski definition) is 1. The number of rotatable bonds is 3. The third kappa shape index (κ3) is 2.80. The number of anilines is 1. The largest absolute Gasteiger partial charge is 0.356 e. The highest BCUT2D eigenvalue weighted by molar-refractivity contribution is 7.19. The zero-order valence-electron chi connectivity index (χ0n) is 13.5. The Bertz CT molecular complexity index is 742. The molecule has 1 aliphatic carbocycles. The van der Waals surface area contributed by atoms with Crippen LogP contribution in [0.2, 0.25) is 0 Å². The Morgan fingerprint density at radius 3 is 3.17 bits per heavy atom. The van der Waals surface area contributed by atoms with Crippen molar-refractivity contribution in [2.45, 2.75) is 39.0 Å². The Kier molecular flexibility index (Phi) is 3.93. The van der Waals surface area contributed by atoms with Crippen LogP contribution >= 0.6 is 11.3 Å². The molecule has 0 spiro atoms. The van der Waals surface area contributed by atoms with Gasteiger partial charge in [0.05, 0.1) is 5.39 Å². The first kappa shape index (κ1) is 14.9. The average Bonchev–Trinajstić information content (AvgIpc) is 3.13. The molecule has 0 aromatic carbocycles. The van der Waals surface area contributed by atoms with E-state index in [2.05, 4.69) is 20.2 Å². The molecule has 1 atom stereocenters. The molecule has 0 bridgehead atoms. The maximum atomic E-state index is 11.2. The Morgan fingerprint density at radius 2 is 2.30 bits per heavy atom. The molecule has 122 valence electrons. The molecule has 5 nitrogen and oxygen atoms in total. The number of piperidine rings is 1. The van der Waals surface area contributed by atoms with E-state index in [4.69, 9.17) is 0 Å². The van der Waals surface area contributed by atoms with Gasteiger partial charge >= 0.3 is 0 Å². The molecule has 1 N–H and O–H groups in total. The van der Waals surface area contributed by atoms with Crippen LogP contribution in [-0.4, -0.2) is 35.5 Å².